The van der Waals surface area contributed by atoms with Crippen molar-refractivity contribution in [3.8, 4) is 0 Å². The molecule has 0 bridgehead atoms. The Bertz CT molecular complexity index is 303. The van der Waals surface area contributed by atoms with Gasteiger partial charge in [0, 0.05) is 18.8 Å². The molecular weight excluding hydrogens is 186 g/mol. The fourth-order valence-corrected chi connectivity index (χ4v) is 1.89. The Morgan fingerprint density at radius 3 is 2.73 bits per heavy atom. The van der Waals surface area contributed by atoms with Crippen LogP contribution in [-0.2, 0) is 6.42 Å². The van der Waals surface area contributed by atoms with Gasteiger partial charge in [-0.1, -0.05) is 6.07 Å². The first-order valence-electron chi connectivity index (χ1n) is 5.76. The van der Waals surface area contributed by atoms with Crippen LogP contribution in [-0.4, -0.2) is 24.1 Å². The molecule has 1 saturated carbocycles. The smallest absolute Gasteiger partial charge is 0.128 e. The van der Waals surface area contributed by atoms with E-state index in [9.17, 15) is 0 Å². The van der Waals surface area contributed by atoms with Crippen molar-refractivity contribution >= 4 is 5.82 Å². The minimum atomic E-state index is 0.696. The zero-order valence-corrected chi connectivity index (χ0v) is 9.32. The molecule has 1 aromatic heterocycles. The Morgan fingerprint density at radius 1 is 1.47 bits per heavy atom. The van der Waals surface area contributed by atoms with Gasteiger partial charge in [0.1, 0.15) is 5.82 Å². The van der Waals surface area contributed by atoms with Crippen LogP contribution in [0.15, 0.2) is 18.3 Å². The van der Waals surface area contributed by atoms with E-state index in [0.717, 1.165) is 24.8 Å². The van der Waals surface area contributed by atoms with Crippen molar-refractivity contribution in [2.24, 2.45) is 5.73 Å². The second kappa shape index (κ2) is 4.62. The van der Waals surface area contributed by atoms with Gasteiger partial charge in [-0.05, 0) is 44.4 Å². The van der Waals surface area contributed by atoms with Crippen LogP contribution in [0.2, 0.25) is 0 Å². The molecule has 0 aromatic carbocycles. The lowest BCUT2D eigenvalue weighted by atomic mass is 10.2. The summed E-state index contributed by atoms with van der Waals surface area (Å²) in [6.07, 6.45) is 5.51. The van der Waals surface area contributed by atoms with Crippen molar-refractivity contribution in [2.75, 3.05) is 18.0 Å². The van der Waals surface area contributed by atoms with Crippen molar-refractivity contribution in [1.82, 2.24) is 4.98 Å². The van der Waals surface area contributed by atoms with Crippen molar-refractivity contribution in [1.29, 1.82) is 0 Å². The molecule has 1 aromatic rings. The Kier molecular flexibility index (Phi) is 3.21. The van der Waals surface area contributed by atoms with Crippen LogP contribution in [0.1, 0.15) is 25.3 Å². The molecule has 1 fully saturated rings. The first-order chi connectivity index (χ1) is 7.35. The highest BCUT2D eigenvalue weighted by Crippen LogP contribution is 2.30. The average Bonchev–Trinajstić information content (AvgIpc) is 3.06. The van der Waals surface area contributed by atoms with E-state index >= 15 is 0 Å². The van der Waals surface area contributed by atoms with Gasteiger partial charge in [-0.2, -0.15) is 0 Å². The first-order valence-corrected chi connectivity index (χ1v) is 5.76. The number of nitrogens with zero attached hydrogens (tertiary/aromatic N) is 2. The van der Waals surface area contributed by atoms with Gasteiger partial charge in [-0.15, -0.1) is 0 Å². The van der Waals surface area contributed by atoms with Gasteiger partial charge in [-0.3, -0.25) is 0 Å². The summed E-state index contributed by atoms with van der Waals surface area (Å²) in [7, 11) is 0. The number of anilines is 1. The summed E-state index contributed by atoms with van der Waals surface area (Å²) in [5, 5.41) is 0. The molecule has 3 nitrogen and oxygen atoms in total. The lowest BCUT2D eigenvalue weighted by molar-refractivity contribution is 0.806. The molecule has 0 unspecified atom stereocenters. The molecule has 1 heterocycles. The molecule has 0 saturated heterocycles. The molecule has 1 aliphatic carbocycles. The zero-order chi connectivity index (χ0) is 10.7. The fraction of sp³-hybridized carbons (Fsp3) is 0.583. The van der Waals surface area contributed by atoms with E-state index < -0.39 is 0 Å². The van der Waals surface area contributed by atoms with Gasteiger partial charge >= 0.3 is 0 Å². The predicted octanol–water partition coefficient (Wildman–Crippen LogP) is 1.57. The number of hydrogen-bond acceptors (Lipinski definition) is 3. The highest BCUT2D eigenvalue weighted by Gasteiger charge is 2.28. The molecule has 2 rings (SSSR count). The summed E-state index contributed by atoms with van der Waals surface area (Å²) < 4.78 is 0. The van der Waals surface area contributed by atoms with Crippen LogP contribution in [0, 0.1) is 0 Å². The summed E-state index contributed by atoms with van der Waals surface area (Å²) in [4.78, 5) is 6.88. The van der Waals surface area contributed by atoms with Crippen LogP contribution in [0.25, 0.3) is 0 Å². The van der Waals surface area contributed by atoms with Gasteiger partial charge in [0.25, 0.3) is 0 Å². The van der Waals surface area contributed by atoms with Crippen molar-refractivity contribution < 1.29 is 0 Å². The van der Waals surface area contributed by atoms with Gasteiger partial charge < -0.3 is 10.6 Å². The van der Waals surface area contributed by atoms with Crippen molar-refractivity contribution in [3.63, 3.8) is 0 Å². The third kappa shape index (κ3) is 2.48. The van der Waals surface area contributed by atoms with Gasteiger partial charge in [-0.25, -0.2) is 4.98 Å². The maximum Gasteiger partial charge on any atom is 0.128 e. The Labute approximate surface area is 91.3 Å². The molecule has 0 radical (unpaired) electrons. The highest BCUT2D eigenvalue weighted by molar-refractivity contribution is 5.42. The molecule has 3 heteroatoms. The zero-order valence-electron chi connectivity index (χ0n) is 9.32. The van der Waals surface area contributed by atoms with Crippen LogP contribution >= 0.6 is 0 Å². The minimum absolute atomic E-state index is 0.696. The molecule has 2 N–H and O–H groups in total. The van der Waals surface area contributed by atoms with E-state index in [2.05, 4.69) is 28.9 Å². The third-order valence-electron chi connectivity index (χ3n) is 2.86. The predicted molar refractivity (Wildman–Crippen MR) is 63.0 cm³/mol. The normalized spacial score (nSPS) is 15.3. The Morgan fingerprint density at radius 2 is 2.27 bits per heavy atom. The van der Waals surface area contributed by atoms with E-state index in [1.54, 1.807) is 0 Å². The Hall–Kier alpha value is -1.09. The summed E-state index contributed by atoms with van der Waals surface area (Å²) in [6, 6.07) is 5.00. The van der Waals surface area contributed by atoms with E-state index in [-0.39, 0.29) is 0 Å². The SMILES string of the molecule is CCN(c1ccc(CCN)cn1)C1CC1. The molecule has 0 amide bonds. The fourth-order valence-electron chi connectivity index (χ4n) is 1.89. The number of pyridine rings is 1. The standard InChI is InChI=1S/C12H19N3/c1-2-15(11-4-5-11)12-6-3-10(7-8-13)9-14-12/h3,6,9,11H,2,4-5,7-8,13H2,1H3. The number of nitrogens with two attached hydrogens (primary N) is 1. The monoisotopic (exact) mass is 205 g/mol. The first kappa shape index (κ1) is 10.4. The molecule has 82 valence electrons. The molecule has 0 aliphatic heterocycles. The third-order valence-corrected chi connectivity index (χ3v) is 2.86. The molecule has 0 atom stereocenters. The minimum Gasteiger partial charge on any atom is -0.354 e. The summed E-state index contributed by atoms with van der Waals surface area (Å²) in [6.45, 7) is 3.93. The number of hydrogen-bond donors (Lipinski definition) is 1. The molecule has 1 aliphatic rings. The summed E-state index contributed by atoms with van der Waals surface area (Å²) in [5.74, 6) is 1.11. The average molecular weight is 205 g/mol. The maximum atomic E-state index is 5.50. The van der Waals surface area contributed by atoms with E-state index in [0.29, 0.717) is 6.54 Å². The lowest BCUT2D eigenvalue weighted by Crippen LogP contribution is -2.25. The quantitative estimate of drug-likeness (QED) is 0.793. The second-order valence-corrected chi connectivity index (χ2v) is 4.08. The lowest BCUT2D eigenvalue weighted by Gasteiger charge is -2.21. The van der Waals surface area contributed by atoms with Gasteiger partial charge in [0.2, 0.25) is 0 Å². The van der Waals surface area contributed by atoms with E-state index in [1.807, 2.05) is 6.20 Å². The van der Waals surface area contributed by atoms with Gasteiger partial charge in [0.15, 0.2) is 0 Å². The van der Waals surface area contributed by atoms with Gasteiger partial charge in [0.05, 0.1) is 0 Å². The number of rotatable bonds is 5. The number of aromatic nitrogens is 1. The van der Waals surface area contributed by atoms with Crippen molar-refractivity contribution in [3.05, 3.63) is 23.9 Å². The maximum absolute atomic E-state index is 5.50. The second-order valence-electron chi connectivity index (χ2n) is 4.08. The largest absolute Gasteiger partial charge is 0.354 e. The van der Waals surface area contributed by atoms with Crippen LogP contribution in [0.4, 0.5) is 5.82 Å². The highest BCUT2D eigenvalue weighted by atomic mass is 15.2. The summed E-state index contributed by atoms with van der Waals surface area (Å²) in [5.41, 5.74) is 6.73. The molecule has 0 spiro atoms. The Balaban J connectivity index is 2.07. The van der Waals surface area contributed by atoms with Crippen LogP contribution in [0.3, 0.4) is 0 Å². The van der Waals surface area contributed by atoms with E-state index in [4.69, 9.17) is 5.73 Å². The summed E-state index contributed by atoms with van der Waals surface area (Å²) >= 11 is 0. The molecule has 15 heavy (non-hydrogen) atoms. The van der Waals surface area contributed by atoms with Crippen LogP contribution < -0.4 is 10.6 Å². The van der Waals surface area contributed by atoms with E-state index in [1.165, 1.54) is 18.4 Å². The van der Waals surface area contributed by atoms with Crippen LogP contribution in [0.5, 0.6) is 0 Å². The van der Waals surface area contributed by atoms with Crippen molar-refractivity contribution in [2.45, 2.75) is 32.2 Å². The molecular formula is C12H19N3. The topological polar surface area (TPSA) is 42.1 Å².